The van der Waals surface area contributed by atoms with Crippen molar-refractivity contribution in [1.29, 1.82) is 0 Å². The van der Waals surface area contributed by atoms with Gasteiger partial charge in [0.15, 0.2) is 0 Å². The number of nitrogens with one attached hydrogen (secondary N) is 2. The average Bonchev–Trinajstić information content (AvgIpc) is 2.45. The van der Waals surface area contributed by atoms with Crippen LogP contribution in [0.1, 0.15) is 62.5 Å². The van der Waals surface area contributed by atoms with Gasteiger partial charge >= 0.3 is 6.18 Å². The molecule has 0 aliphatic heterocycles. The van der Waals surface area contributed by atoms with E-state index in [2.05, 4.69) is 26.1 Å². The Kier molecular flexibility index (Phi) is 5.11. The van der Waals surface area contributed by atoms with Gasteiger partial charge in [-0.05, 0) is 36.3 Å². The molecular weight excluding hydrogens is 321 g/mol. The van der Waals surface area contributed by atoms with Crippen molar-refractivity contribution in [2.45, 2.75) is 58.7 Å². The molecule has 24 heavy (non-hydrogen) atoms. The summed E-state index contributed by atoms with van der Waals surface area (Å²) in [6.07, 6.45) is -0.769. The van der Waals surface area contributed by atoms with Crippen molar-refractivity contribution in [3.8, 4) is 0 Å². The van der Waals surface area contributed by atoms with Gasteiger partial charge in [-0.1, -0.05) is 33.6 Å². The van der Waals surface area contributed by atoms with Crippen molar-refractivity contribution < 1.29 is 18.0 Å². The number of alkyl halides is 3. The molecule has 2 N–H and O–H groups in total. The van der Waals surface area contributed by atoms with Gasteiger partial charge < -0.3 is 10.3 Å². The number of aromatic nitrogens is 1. The second-order valence-electron chi connectivity index (χ2n) is 7.45. The molecule has 1 fully saturated rings. The lowest BCUT2D eigenvalue weighted by atomic mass is 9.69. The van der Waals surface area contributed by atoms with Crippen molar-refractivity contribution >= 4 is 5.91 Å². The molecule has 0 saturated heterocycles. The van der Waals surface area contributed by atoms with Crippen LogP contribution < -0.4 is 10.9 Å². The van der Waals surface area contributed by atoms with Gasteiger partial charge in [0.1, 0.15) is 11.3 Å². The van der Waals surface area contributed by atoms with E-state index in [4.69, 9.17) is 0 Å². The maximum atomic E-state index is 12.6. The molecule has 2 rings (SSSR count). The second-order valence-corrected chi connectivity index (χ2v) is 7.45. The summed E-state index contributed by atoms with van der Waals surface area (Å²) in [5.74, 6) is -0.352. The fraction of sp³-hybridized carbons (Fsp3) is 0.647. The van der Waals surface area contributed by atoms with Crippen LogP contribution in [0.15, 0.2) is 16.9 Å². The van der Waals surface area contributed by atoms with Gasteiger partial charge in [0, 0.05) is 6.04 Å². The zero-order valence-corrected chi connectivity index (χ0v) is 14.1. The third-order valence-corrected chi connectivity index (χ3v) is 4.65. The number of rotatable bonds is 2. The van der Waals surface area contributed by atoms with Crippen molar-refractivity contribution in [3.05, 3.63) is 33.7 Å². The van der Waals surface area contributed by atoms with Gasteiger partial charge in [0.25, 0.3) is 11.5 Å². The molecule has 0 bridgehead atoms. The van der Waals surface area contributed by atoms with Gasteiger partial charge in [-0.3, -0.25) is 9.59 Å². The number of pyridine rings is 1. The molecule has 1 heterocycles. The summed E-state index contributed by atoms with van der Waals surface area (Å²) in [4.78, 5) is 25.9. The summed E-state index contributed by atoms with van der Waals surface area (Å²) >= 11 is 0. The van der Waals surface area contributed by atoms with Crippen LogP contribution in [0.4, 0.5) is 13.2 Å². The summed E-state index contributed by atoms with van der Waals surface area (Å²) in [5.41, 5.74) is -2.47. The quantitative estimate of drug-likeness (QED) is 0.859. The lowest BCUT2D eigenvalue weighted by Gasteiger charge is -2.40. The molecule has 0 radical (unpaired) electrons. The first-order chi connectivity index (χ1) is 11.0. The minimum atomic E-state index is -4.64. The predicted octanol–water partition coefficient (Wildman–Crippen LogP) is 3.73. The highest BCUT2D eigenvalue weighted by atomic mass is 19.4. The molecule has 0 unspecified atom stereocenters. The first kappa shape index (κ1) is 18.5. The van der Waals surface area contributed by atoms with Crippen molar-refractivity contribution in [1.82, 2.24) is 10.3 Å². The second kappa shape index (κ2) is 6.61. The predicted molar refractivity (Wildman–Crippen MR) is 84.7 cm³/mol. The number of amides is 1. The largest absolute Gasteiger partial charge is 0.431 e. The minimum Gasteiger partial charge on any atom is -0.349 e. The van der Waals surface area contributed by atoms with Crippen LogP contribution >= 0.6 is 0 Å². The molecule has 0 spiro atoms. The molecule has 7 heteroatoms. The maximum absolute atomic E-state index is 12.6. The molecule has 1 aromatic heterocycles. The Hall–Kier alpha value is -1.79. The summed E-state index contributed by atoms with van der Waals surface area (Å²) in [6, 6.07) is 1.58. The summed E-state index contributed by atoms with van der Waals surface area (Å²) in [7, 11) is 0. The summed E-state index contributed by atoms with van der Waals surface area (Å²) in [6.45, 7) is 6.31. The molecule has 0 aromatic carbocycles. The van der Waals surface area contributed by atoms with Crippen molar-refractivity contribution in [2.24, 2.45) is 11.3 Å². The molecule has 2 atom stereocenters. The Morgan fingerprint density at radius 2 is 1.79 bits per heavy atom. The van der Waals surface area contributed by atoms with E-state index in [0.717, 1.165) is 37.8 Å². The maximum Gasteiger partial charge on any atom is 0.431 e. The first-order valence-electron chi connectivity index (χ1n) is 8.11. The van der Waals surface area contributed by atoms with E-state index in [1.165, 1.54) is 0 Å². The highest BCUT2D eigenvalue weighted by Gasteiger charge is 2.36. The molecule has 134 valence electrons. The molecular formula is C17H23F3N2O2. The number of carbonyl (C=O) groups excluding carboxylic acids is 1. The number of carbonyl (C=O) groups is 1. The first-order valence-corrected chi connectivity index (χ1v) is 8.11. The average molecular weight is 344 g/mol. The van der Waals surface area contributed by atoms with Crippen LogP contribution in [-0.2, 0) is 6.18 Å². The third kappa shape index (κ3) is 4.19. The molecule has 1 aromatic rings. The van der Waals surface area contributed by atoms with E-state index >= 15 is 0 Å². The number of halogens is 3. The summed E-state index contributed by atoms with van der Waals surface area (Å²) in [5, 5.41) is 2.85. The number of H-pyrrole nitrogens is 1. The van der Waals surface area contributed by atoms with Crippen molar-refractivity contribution in [3.63, 3.8) is 0 Å². The van der Waals surface area contributed by atoms with Gasteiger partial charge in [-0.2, -0.15) is 13.2 Å². The minimum absolute atomic E-state index is 0.00489. The zero-order chi connectivity index (χ0) is 18.1. The molecule has 1 aliphatic carbocycles. The fourth-order valence-corrected chi connectivity index (χ4v) is 3.40. The van der Waals surface area contributed by atoms with Gasteiger partial charge in [-0.15, -0.1) is 0 Å². The molecule has 1 amide bonds. The van der Waals surface area contributed by atoms with Crippen LogP contribution in [0.3, 0.4) is 0 Å². The smallest absolute Gasteiger partial charge is 0.349 e. The standard InChI is InChI=1S/C17H23F3N2O2/c1-16(2,3)11-6-4-5-7-12(11)21-14(23)10-8-9-13(17(18,19)20)22-15(10)24/h8-9,11-12H,4-7H2,1-3H3,(H,21,23)(H,22,24)/t11-,12-/m0/s1. The monoisotopic (exact) mass is 344 g/mol. The fourth-order valence-electron chi connectivity index (χ4n) is 3.40. The Morgan fingerprint density at radius 1 is 1.17 bits per heavy atom. The Labute approximate surface area is 138 Å². The lowest BCUT2D eigenvalue weighted by Crippen LogP contribution is -2.47. The number of hydrogen-bond donors (Lipinski definition) is 2. The van der Waals surface area contributed by atoms with Crippen LogP contribution in [-0.4, -0.2) is 16.9 Å². The van der Waals surface area contributed by atoms with Gasteiger partial charge in [-0.25, -0.2) is 0 Å². The van der Waals surface area contributed by atoms with Gasteiger partial charge in [0.2, 0.25) is 0 Å². The normalized spacial score (nSPS) is 22.2. The van der Waals surface area contributed by atoms with Crippen molar-refractivity contribution in [2.75, 3.05) is 0 Å². The number of hydrogen-bond acceptors (Lipinski definition) is 2. The Balaban J connectivity index is 2.19. The Bertz CT molecular complexity index is 659. The molecule has 1 aliphatic rings. The SMILES string of the molecule is CC(C)(C)[C@H]1CCCC[C@@H]1NC(=O)c1ccc(C(F)(F)F)[nH]c1=O. The molecule has 1 saturated carbocycles. The van der Waals surface area contributed by atoms with E-state index in [9.17, 15) is 22.8 Å². The zero-order valence-electron chi connectivity index (χ0n) is 14.1. The van der Waals surface area contributed by atoms with Gasteiger partial charge in [0.05, 0.1) is 0 Å². The third-order valence-electron chi connectivity index (χ3n) is 4.65. The van der Waals surface area contributed by atoms with Crippen LogP contribution in [0, 0.1) is 11.3 Å². The van der Waals surface area contributed by atoms with Crippen LogP contribution in [0.2, 0.25) is 0 Å². The lowest BCUT2D eigenvalue weighted by molar-refractivity contribution is -0.141. The molecule has 4 nitrogen and oxygen atoms in total. The van der Waals surface area contributed by atoms with E-state index in [1.807, 2.05) is 0 Å². The summed E-state index contributed by atoms with van der Waals surface area (Å²) < 4.78 is 37.8. The van der Waals surface area contributed by atoms with E-state index in [0.29, 0.717) is 0 Å². The number of aromatic amines is 1. The highest BCUT2D eigenvalue weighted by Crippen LogP contribution is 2.38. The van der Waals surface area contributed by atoms with E-state index in [-0.39, 0.29) is 22.9 Å². The van der Waals surface area contributed by atoms with Crippen LogP contribution in [0.25, 0.3) is 0 Å². The highest BCUT2D eigenvalue weighted by molar-refractivity contribution is 5.94. The topological polar surface area (TPSA) is 62.0 Å². The van der Waals surface area contributed by atoms with E-state index in [1.54, 1.807) is 4.98 Å². The Morgan fingerprint density at radius 3 is 2.33 bits per heavy atom. The van der Waals surface area contributed by atoms with Crippen LogP contribution in [0.5, 0.6) is 0 Å². The van der Waals surface area contributed by atoms with E-state index < -0.39 is 23.3 Å².